The summed E-state index contributed by atoms with van der Waals surface area (Å²) < 4.78 is 2.64. The number of halogens is 1. The van der Waals surface area contributed by atoms with Crippen molar-refractivity contribution in [2.75, 3.05) is 0 Å². The van der Waals surface area contributed by atoms with Gasteiger partial charge in [-0.15, -0.1) is 0 Å². The Labute approximate surface area is 127 Å². The van der Waals surface area contributed by atoms with Gasteiger partial charge in [-0.05, 0) is 30.3 Å². The van der Waals surface area contributed by atoms with Gasteiger partial charge in [0.1, 0.15) is 5.65 Å². The van der Waals surface area contributed by atoms with E-state index in [9.17, 15) is 4.79 Å². The van der Waals surface area contributed by atoms with Gasteiger partial charge < -0.3 is 4.98 Å². The highest BCUT2D eigenvalue weighted by Gasteiger charge is 2.10. The molecule has 1 aromatic carbocycles. The highest BCUT2D eigenvalue weighted by atomic mass is 79.9. The first-order chi connectivity index (χ1) is 10.2. The van der Waals surface area contributed by atoms with Crippen LogP contribution in [-0.2, 0) is 0 Å². The smallest absolute Gasteiger partial charge is 0.259 e. The molecule has 5 nitrogen and oxygen atoms in total. The highest BCUT2D eigenvalue weighted by Crippen LogP contribution is 2.21. The molecule has 21 heavy (non-hydrogen) atoms. The van der Waals surface area contributed by atoms with Crippen molar-refractivity contribution in [2.45, 2.75) is 0 Å². The molecule has 6 heteroatoms. The number of pyridine rings is 1. The molecule has 0 aliphatic rings. The monoisotopic (exact) mass is 340 g/mol. The Bertz CT molecular complexity index is 1020. The first-order valence-electron chi connectivity index (χ1n) is 6.34. The first kappa shape index (κ1) is 12.3. The molecule has 0 aliphatic carbocycles. The lowest BCUT2D eigenvalue weighted by Gasteiger charge is -2.01. The van der Waals surface area contributed by atoms with E-state index in [1.54, 1.807) is 23.0 Å². The number of aromatic nitrogens is 4. The Morgan fingerprint density at radius 2 is 2.10 bits per heavy atom. The maximum absolute atomic E-state index is 12.1. The molecule has 3 heterocycles. The minimum atomic E-state index is -0.123. The third-order valence-electron chi connectivity index (χ3n) is 3.34. The number of nitrogens with one attached hydrogen (secondary N) is 1. The number of hydrogen-bond acceptors (Lipinski definition) is 3. The van der Waals surface area contributed by atoms with Gasteiger partial charge in [0.15, 0.2) is 0 Å². The Balaban J connectivity index is 2.10. The Morgan fingerprint density at radius 3 is 2.90 bits per heavy atom. The molecule has 4 rings (SSSR count). The van der Waals surface area contributed by atoms with Gasteiger partial charge in [-0.1, -0.05) is 15.9 Å². The lowest BCUT2D eigenvalue weighted by molar-refractivity contribution is 0.980. The van der Waals surface area contributed by atoms with Gasteiger partial charge in [0.2, 0.25) is 0 Å². The van der Waals surface area contributed by atoms with Crippen LogP contribution in [0, 0.1) is 0 Å². The molecule has 0 aliphatic heterocycles. The second kappa shape index (κ2) is 4.53. The van der Waals surface area contributed by atoms with Crippen LogP contribution in [0.5, 0.6) is 0 Å². The molecule has 0 amide bonds. The number of hydrogen-bond donors (Lipinski definition) is 1. The van der Waals surface area contributed by atoms with Crippen LogP contribution in [0.15, 0.2) is 58.1 Å². The summed E-state index contributed by atoms with van der Waals surface area (Å²) in [5, 5.41) is 5.18. The molecular weight excluding hydrogens is 332 g/mol. The zero-order valence-corrected chi connectivity index (χ0v) is 12.3. The van der Waals surface area contributed by atoms with E-state index < -0.39 is 0 Å². The van der Waals surface area contributed by atoms with E-state index >= 15 is 0 Å². The quantitative estimate of drug-likeness (QED) is 0.579. The summed E-state index contributed by atoms with van der Waals surface area (Å²) in [6.07, 6.45) is 3.46. The number of aromatic amines is 1. The molecule has 3 aromatic heterocycles. The predicted molar refractivity (Wildman–Crippen MR) is 84.2 cm³/mol. The van der Waals surface area contributed by atoms with Crippen molar-refractivity contribution in [1.82, 2.24) is 19.6 Å². The molecule has 0 radical (unpaired) electrons. The number of H-pyrrole nitrogens is 1. The molecule has 0 spiro atoms. The van der Waals surface area contributed by atoms with Gasteiger partial charge in [0, 0.05) is 28.5 Å². The third-order valence-corrected chi connectivity index (χ3v) is 3.83. The summed E-state index contributed by atoms with van der Waals surface area (Å²) in [7, 11) is 0. The van der Waals surface area contributed by atoms with Gasteiger partial charge in [0.25, 0.3) is 5.56 Å². The second-order valence-electron chi connectivity index (χ2n) is 4.68. The summed E-state index contributed by atoms with van der Waals surface area (Å²) in [5.41, 5.74) is 2.97. The van der Waals surface area contributed by atoms with Crippen LogP contribution in [0.3, 0.4) is 0 Å². The number of nitrogens with zero attached hydrogens (tertiary/aromatic N) is 3. The van der Waals surface area contributed by atoms with E-state index in [0.717, 1.165) is 21.2 Å². The lowest BCUT2D eigenvalue weighted by atomic mass is 10.2. The summed E-state index contributed by atoms with van der Waals surface area (Å²) in [6.45, 7) is 0. The Kier molecular flexibility index (Phi) is 2.65. The molecule has 4 aromatic rings. The van der Waals surface area contributed by atoms with Crippen molar-refractivity contribution in [3.63, 3.8) is 0 Å². The van der Waals surface area contributed by atoms with Crippen molar-refractivity contribution in [3.8, 4) is 11.3 Å². The van der Waals surface area contributed by atoms with Crippen molar-refractivity contribution < 1.29 is 0 Å². The topological polar surface area (TPSA) is 63.0 Å². The standard InChI is InChI=1S/C15H9BrN4O/c16-10-3-4-11-13(6-10)20-14(18-15(11)21)7-12(19-20)9-2-1-5-17-8-9/h1-8H,(H,18,21). The molecule has 0 atom stereocenters. The van der Waals surface area contributed by atoms with Crippen LogP contribution in [-0.4, -0.2) is 19.6 Å². The number of rotatable bonds is 1. The number of fused-ring (bicyclic) bond motifs is 3. The molecule has 0 bridgehead atoms. The lowest BCUT2D eigenvalue weighted by Crippen LogP contribution is -2.09. The van der Waals surface area contributed by atoms with E-state index in [-0.39, 0.29) is 5.56 Å². The minimum absolute atomic E-state index is 0.123. The van der Waals surface area contributed by atoms with Crippen molar-refractivity contribution >= 4 is 32.5 Å². The van der Waals surface area contributed by atoms with E-state index in [0.29, 0.717) is 11.0 Å². The van der Waals surface area contributed by atoms with Gasteiger partial charge >= 0.3 is 0 Å². The minimum Gasteiger partial charge on any atom is -0.306 e. The van der Waals surface area contributed by atoms with E-state index in [4.69, 9.17) is 0 Å². The maximum atomic E-state index is 12.1. The van der Waals surface area contributed by atoms with E-state index in [2.05, 4.69) is 31.0 Å². The SMILES string of the molecule is O=c1[nH]c2cc(-c3cccnc3)nn2c2cc(Br)ccc12. The van der Waals surface area contributed by atoms with Gasteiger partial charge in [0.05, 0.1) is 16.6 Å². The van der Waals surface area contributed by atoms with Crippen LogP contribution in [0.2, 0.25) is 0 Å². The van der Waals surface area contributed by atoms with E-state index in [1.165, 1.54) is 0 Å². The van der Waals surface area contributed by atoms with E-state index in [1.807, 2.05) is 30.3 Å². The fourth-order valence-electron chi connectivity index (χ4n) is 2.36. The summed E-state index contributed by atoms with van der Waals surface area (Å²) in [4.78, 5) is 19.1. The number of benzene rings is 1. The molecule has 0 saturated carbocycles. The van der Waals surface area contributed by atoms with Gasteiger partial charge in [-0.2, -0.15) is 5.10 Å². The van der Waals surface area contributed by atoms with Gasteiger partial charge in [-0.25, -0.2) is 4.52 Å². The normalized spacial score (nSPS) is 11.3. The third kappa shape index (κ3) is 1.95. The van der Waals surface area contributed by atoms with Crippen molar-refractivity contribution in [2.24, 2.45) is 0 Å². The average molecular weight is 341 g/mol. The Morgan fingerprint density at radius 1 is 1.19 bits per heavy atom. The van der Waals surface area contributed by atoms with Crippen LogP contribution in [0.4, 0.5) is 0 Å². The maximum Gasteiger partial charge on any atom is 0.259 e. The first-order valence-corrected chi connectivity index (χ1v) is 7.13. The second-order valence-corrected chi connectivity index (χ2v) is 5.60. The largest absolute Gasteiger partial charge is 0.306 e. The average Bonchev–Trinajstić information content (AvgIpc) is 2.92. The predicted octanol–water partition coefficient (Wildman–Crippen LogP) is 3.00. The fourth-order valence-corrected chi connectivity index (χ4v) is 2.71. The van der Waals surface area contributed by atoms with Crippen LogP contribution < -0.4 is 5.56 Å². The van der Waals surface area contributed by atoms with Crippen molar-refractivity contribution in [1.29, 1.82) is 0 Å². The van der Waals surface area contributed by atoms with Crippen LogP contribution >= 0.6 is 15.9 Å². The van der Waals surface area contributed by atoms with Gasteiger partial charge in [-0.3, -0.25) is 9.78 Å². The highest BCUT2D eigenvalue weighted by molar-refractivity contribution is 9.10. The van der Waals surface area contributed by atoms with Crippen molar-refractivity contribution in [3.05, 3.63) is 63.6 Å². The zero-order chi connectivity index (χ0) is 14.4. The summed E-state index contributed by atoms with van der Waals surface area (Å²) in [5.74, 6) is 0. The molecule has 0 fully saturated rings. The molecule has 1 N–H and O–H groups in total. The Hall–Kier alpha value is -2.47. The molecular formula is C15H9BrN4O. The van der Waals surface area contributed by atoms with Crippen LogP contribution in [0.25, 0.3) is 27.8 Å². The van der Waals surface area contributed by atoms with Crippen LogP contribution in [0.1, 0.15) is 0 Å². The molecule has 102 valence electrons. The summed E-state index contributed by atoms with van der Waals surface area (Å²) >= 11 is 3.43. The zero-order valence-electron chi connectivity index (χ0n) is 10.7. The fraction of sp³-hybridized carbons (Fsp3) is 0. The summed E-state index contributed by atoms with van der Waals surface area (Å²) in [6, 6.07) is 11.1. The molecule has 0 unspecified atom stereocenters. The molecule has 0 saturated heterocycles.